The molecule has 3 nitrogen and oxygen atoms in total. The van der Waals surface area contributed by atoms with E-state index in [1.807, 2.05) is 32.0 Å². The van der Waals surface area contributed by atoms with Crippen molar-refractivity contribution in [2.75, 3.05) is 13.7 Å². The van der Waals surface area contributed by atoms with E-state index in [2.05, 4.69) is 0 Å². The Kier molecular flexibility index (Phi) is 5.16. The van der Waals surface area contributed by atoms with Crippen LogP contribution in [0.2, 0.25) is 0 Å². The van der Waals surface area contributed by atoms with Crippen molar-refractivity contribution in [3.05, 3.63) is 29.3 Å². The number of carbonyl (C=O) groups excluding carboxylic acids is 1. The maximum Gasteiger partial charge on any atom is 0.137 e. The number of carbonyl (C=O) groups is 1. The zero-order valence-electron chi connectivity index (χ0n) is 10.8. The van der Waals surface area contributed by atoms with Gasteiger partial charge in [-0.3, -0.25) is 4.79 Å². The van der Waals surface area contributed by atoms with E-state index in [9.17, 15) is 4.79 Å². The van der Waals surface area contributed by atoms with Crippen molar-refractivity contribution < 1.29 is 9.53 Å². The van der Waals surface area contributed by atoms with Crippen LogP contribution in [0, 0.1) is 12.8 Å². The molecular formula is C14H21NO2. The van der Waals surface area contributed by atoms with Crippen LogP contribution in [-0.2, 0) is 11.2 Å². The van der Waals surface area contributed by atoms with Crippen molar-refractivity contribution in [1.82, 2.24) is 0 Å². The smallest absolute Gasteiger partial charge is 0.137 e. The molecule has 1 unspecified atom stereocenters. The largest absolute Gasteiger partial charge is 0.496 e. The molecule has 1 aromatic rings. The Bertz CT molecular complexity index is 388. The van der Waals surface area contributed by atoms with E-state index in [-0.39, 0.29) is 11.7 Å². The van der Waals surface area contributed by atoms with E-state index < -0.39 is 0 Å². The molecule has 0 radical (unpaired) electrons. The van der Waals surface area contributed by atoms with Crippen LogP contribution in [0.3, 0.4) is 0 Å². The van der Waals surface area contributed by atoms with Crippen LogP contribution in [0.1, 0.15) is 24.5 Å². The van der Waals surface area contributed by atoms with Crippen molar-refractivity contribution in [1.29, 1.82) is 0 Å². The first-order chi connectivity index (χ1) is 8.06. The van der Waals surface area contributed by atoms with Gasteiger partial charge in [0.1, 0.15) is 11.5 Å². The van der Waals surface area contributed by atoms with Crippen LogP contribution >= 0.6 is 0 Å². The molecule has 17 heavy (non-hydrogen) atoms. The van der Waals surface area contributed by atoms with E-state index in [1.54, 1.807) is 7.11 Å². The quantitative estimate of drug-likeness (QED) is 0.821. The van der Waals surface area contributed by atoms with Gasteiger partial charge in [0.05, 0.1) is 7.11 Å². The fraction of sp³-hybridized carbons (Fsp3) is 0.500. The average molecular weight is 235 g/mol. The molecule has 0 heterocycles. The summed E-state index contributed by atoms with van der Waals surface area (Å²) in [4.78, 5) is 11.9. The van der Waals surface area contributed by atoms with Gasteiger partial charge < -0.3 is 10.5 Å². The number of aryl methyl sites for hydroxylation is 1. The summed E-state index contributed by atoms with van der Waals surface area (Å²) < 4.78 is 5.26. The summed E-state index contributed by atoms with van der Waals surface area (Å²) in [5.41, 5.74) is 7.62. The number of ether oxygens (including phenoxy) is 1. The van der Waals surface area contributed by atoms with Gasteiger partial charge >= 0.3 is 0 Å². The minimum atomic E-state index is 0.215. The second-order valence-electron chi connectivity index (χ2n) is 4.58. The molecule has 0 spiro atoms. The number of rotatable bonds is 6. The fourth-order valence-corrected chi connectivity index (χ4v) is 1.80. The maximum atomic E-state index is 11.9. The molecule has 1 atom stereocenters. The topological polar surface area (TPSA) is 52.3 Å². The third kappa shape index (κ3) is 4.19. The monoisotopic (exact) mass is 235 g/mol. The number of Topliss-reactive ketones (excluding diaryl/α,β-unsaturated/α-hetero) is 1. The molecule has 0 aliphatic carbocycles. The van der Waals surface area contributed by atoms with Crippen molar-refractivity contribution >= 4 is 5.78 Å². The Balaban J connectivity index is 2.73. The first kappa shape index (κ1) is 13.7. The van der Waals surface area contributed by atoms with Gasteiger partial charge in [-0.05, 0) is 25.5 Å². The molecular weight excluding hydrogens is 214 g/mol. The molecule has 1 rings (SSSR count). The number of benzene rings is 1. The number of hydrogen-bond donors (Lipinski definition) is 1. The van der Waals surface area contributed by atoms with Crippen LogP contribution in [-0.4, -0.2) is 19.4 Å². The second-order valence-corrected chi connectivity index (χ2v) is 4.58. The van der Waals surface area contributed by atoms with Gasteiger partial charge in [0.2, 0.25) is 0 Å². The van der Waals surface area contributed by atoms with Crippen LogP contribution in [0.4, 0.5) is 0 Å². The van der Waals surface area contributed by atoms with E-state index in [0.29, 0.717) is 19.4 Å². The lowest BCUT2D eigenvalue weighted by atomic mass is 9.98. The molecule has 0 amide bonds. The van der Waals surface area contributed by atoms with E-state index >= 15 is 0 Å². The van der Waals surface area contributed by atoms with Gasteiger partial charge in [-0.2, -0.15) is 0 Å². The summed E-state index contributed by atoms with van der Waals surface area (Å²) in [7, 11) is 1.63. The van der Waals surface area contributed by atoms with Crippen molar-refractivity contribution in [2.45, 2.75) is 26.7 Å². The summed E-state index contributed by atoms with van der Waals surface area (Å²) in [6.45, 7) is 4.55. The van der Waals surface area contributed by atoms with Crippen LogP contribution in [0.25, 0.3) is 0 Å². The van der Waals surface area contributed by atoms with E-state index in [0.717, 1.165) is 16.9 Å². The maximum absolute atomic E-state index is 11.9. The van der Waals surface area contributed by atoms with Crippen LogP contribution in [0.5, 0.6) is 5.75 Å². The lowest BCUT2D eigenvalue weighted by molar-refractivity contribution is -0.119. The second kappa shape index (κ2) is 6.40. The third-order valence-corrected chi connectivity index (χ3v) is 2.80. The highest BCUT2D eigenvalue weighted by molar-refractivity contribution is 5.81. The zero-order chi connectivity index (χ0) is 12.8. The molecule has 0 bridgehead atoms. The number of methoxy groups -OCH3 is 1. The Hall–Kier alpha value is -1.35. The first-order valence-corrected chi connectivity index (χ1v) is 5.92. The Morgan fingerprint density at radius 2 is 2.18 bits per heavy atom. The lowest BCUT2D eigenvalue weighted by Gasteiger charge is -2.10. The highest BCUT2D eigenvalue weighted by atomic mass is 16.5. The van der Waals surface area contributed by atoms with Crippen molar-refractivity contribution in [2.24, 2.45) is 11.7 Å². The Morgan fingerprint density at radius 3 is 2.76 bits per heavy atom. The Labute approximate surface area is 103 Å². The summed E-state index contributed by atoms with van der Waals surface area (Å²) in [5, 5.41) is 0. The SMILES string of the molecule is COc1ccc(C)cc1CC(=O)CC(C)CN. The van der Waals surface area contributed by atoms with Gasteiger partial charge in [0, 0.05) is 18.4 Å². The summed E-state index contributed by atoms with van der Waals surface area (Å²) >= 11 is 0. The van der Waals surface area contributed by atoms with Crippen molar-refractivity contribution in [3.63, 3.8) is 0 Å². The first-order valence-electron chi connectivity index (χ1n) is 5.92. The number of ketones is 1. The number of nitrogens with two attached hydrogens (primary N) is 1. The standard InChI is InChI=1S/C14H21NO2/c1-10-4-5-14(17-3)12(6-10)8-13(16)7-11(2)9-15/h4-6,11H,7-9,15H2,1-3H3. The van der Waals surface area contributed by atoms with Crippen LogP contribution in [0.15, 0.2) is 18.2 Å². The summed E-state index contributed by atoms with van der Waals surface area (Å²) in [6, 6.07) is 5.89. The Morgan fingerprint density at radius 1 is 1.47 bits per heavy atom. The van der Waals surface area contributed by atoms with Gasteiger partial charge in [0.15, 0.2) is 0 Å². The van der Waals surface area contributed by atoms with Gasteiger partial charge in [0.25, 0.3) is 0 Å². The van der Waals surface area contributed by atoms with Crippen molar-refractivity contribution in [3.8, 4) is 5.75 Å². The van der Waals surface area contributed by atoms with Gasteiger partial charge in [-0.1, -0.05) is 24.6 Å². The summed E-state index contributed by atoms with van der Waals surface area (Å²) in [5.74, 6) is 1.24. The van der Waals surface area contributed by atoms with Gasteiger partial charge in [-0.25, -0.2) is 0 Å². The molecule has 0 saturated carbocycles. The highest BCUT2D eigenvalue weighted by Gasteiger charge is 2.11. The molecule has 3 heteroatoms. The normalized spacial score (nSPS) is 12.2. The molecule has 0 fully saturated rings. The van der Waals surface area contributed by atoms with E-state index in [1.165, 1.54) is 0 Å². The molecule has 0 aromatic heterocycles. The molecule has 0 aliphatic heterocycles. The van der Waals surface area contributed by atoms with Gasteiger partial charge in [-0.15, -0.1) is 0 Å². The molecule has 2 N–H and O–H groups in total. The summed E-state index contributed by atoms with van der Waals surface area (Å²) in [6.07, 6.45) is 0.961. The average Bonchev–Trinajstić information content (AvgIpc) is 2.29. The predicted octanol–water partition coefficient (Wildman–Crippen LogP) is 2.10. The molecule has 0 saturated heterocycles. The van der Waals surface area contributed by atoms with Crippen LogP contribution < -0.4 is 10.5 Å². The minimum absolute atomic E-state index is 0.215. The number of hydrogen-bond acceptors (Lipinski definition) is 3. The minimum Gasteiger partial charge on any atom is -0.496 e. The highest BCUT2D eigenvalue weighted by Crippen LogP contribution is 2.21. The van der Waals surface area contributed by atoms with E-state index in [4.69, 9.17) is 10.5 Å². The zero-order valence-corrected chi connectivity index (χ0v) is 10.8. The molecule has 0 aliphatic rings. The predicted molar refractivity (Wildman–Crippen MR) is 69.3 cm³/mol. The molecule has 94 valence electrons. The lowest BCUT2D eigenvalue weighted by Crippen LogP contribution is -2.16. The third-order valence-electron chi connectivity index (χ3n) is 2.80. The molecule has 1 aromatic carbocycles. The fourth-order valence-electron chi connectivity index (χ4n) is 1.80.